The maximum absolute atomic E-state index is 12.6. The van der Waals surface area contributed by atoms with E-state index in [2.05, 4.69) is 22.2 Å². The molecular formula is C23H19N3O3S. The molecule has 0 fully saturated rings. The number of nitrogens with zero attached hydrogens (tertiary/aromatic N) is 1. The molecule has 3 aromatic carbocycles. The van der Waals surface area contributed by atoms with Crippen molar-refractivity contribution in [2.24, 2.45) is 0 Å². The van der Waals surface area contributed by atoms with E-state index in [0.717, 1.165) is 6.42 Å². The molecule has 3 aromatic rings. The highest BCUT2D eigenvalue weighted by Crippen LogP contribution is 2.37. The minimum atomic E-state index is -3.70. The zero-order valence-corrected chi connectivity index (χ0v) is 16.9. The van der Waals surface area contributed by atoms with Crippen LogP contribution in [0.2, 0.25) is 0 Å². The highest BCUT2D eigenvalue weighted by Gasteiger charge is 2.19. The number of carbonyl (C=O) groups is 1. The van der Waals surface area contributed by atoms with Crippen molar-refractivity contribution in [1.29, 1.82) is 5.26 Å². The lowest BCUT2D eigenvalue weighted by Crippen LogP contribution is -2.24. The smallest absolute Gasteiger partial charge is 0.255 e. The molecule has 7 heteroatoms. The second kappa shape index (κ2) is 8.11. The Morgan fingerprint density at radius 1 is 0.967 bits per heavy atom. The van der Waals surface area contributed by atoms with Gasteiger partial charge in [-0.05, 0) is 65.1 Å². The van der Waals surface area contributed by atoms with Crippen LogP contribution in [-0.4, -0.2) is 20.9 Å². The standard InChI is InChI=1S/C23H19N3O3S/c24-12-3-13-25-30(28,29)20-9-6-16(7-10-20)23(27)26-19-8-11-22-18(15-19)14-17-4-1-2-5-21(17)22/h1-2,4-11,15,25H,3,13-14H2,(H,26,27). The number of hydrogen-bond acceptors (Lipinski definition) is 4. The largest absolute Gasteiger partial charge is 0.322 e. The van der Waals surface area contributed by atoms with Crippen molar-refractivity contribution < 1.29 is 13.2 Å². The molecule has 0 spiro atoms. The molecule has 0 aliphatic heterocycles. The van der Waals surface area contributed by atoms with Gasteiger partial charge in [-0.2, -0.15) is 5.26 Å². The van der Waals surface area contributed by atoms with Crippen LogP contribution >= 0.6 is 0 Å². The number of carbonyl (C=O) groups excluding carboxylic acids is 1. The van der Waals surface area contributed by atoms with E-state index in [1.807, 2.05) is 36.4 Å². The summed E-state index contributed by atoms with van der Waals surface area (Å²) >= 11 is 0. The summed E-state index contributed by atoms with van der Waals surface area (Å²) in [6.07, 6.45) is 0.923. The fourth-order valence-corrected chi connectivity index (χ4v) is 4.57. The Hall–Kier alpha value is -3.47. The summed E-state index contributed by atoms with van der Waals surface area (Å²) in [5, 5.41) is 11.4. The Labute approximate surface area is 175 Å². The topological polar surface area (TPSA) is 99.1 Å². The van der Waals surface area contributed by atoms with Crippen LogP contribution in [0.15, 0.2) is 71.6 Å². The Morgan fingerprint density at radius 3 is 2.47 bits per heavy atom. The number of fused-ring (bicyclic) bond motifs is 3. The Morgan fingerprint density at radius 2 is 1.70 bits per heavy atom. The predicted molar refractivity (Wildman–Crippen MR) is 114 cm³/mol. The number of amides is 1. The van der Waals surface area contributed by atoms with Gasteiger partial charge in [-0.15, -0.1) is 0 Å². The van der Waals surface area contributed by atoms with Crippen molar-refractivity contribution in [2.45, 2.75) is 17.7 Å². The van der Waals surface area contributed by atoms with Gasteiger partial charge in [-0.25, -0.2) is 13.1 Å². The van der Waals surface area contributed by atoms with Crippen LogP contribution in [-0.2, 0) is 16.4 Å². The Bertz CT molecular complexity index is 1260. The highest BCUT2D eigenvalue weighted by atomic mass is 32.2. The van der Waals surface area contributed by atoms with Crippen LogP contribution in [0.5, 0.6) is 0 Å². The van der Waals surface area contributed by atoms with Crippen LogP contribution in [0.3, 0.4) is 0 Å². The fraction of sp³-hybridized carbons (Fsp3) is 0.130. The van der Waals surface area contributed by atoms with E-state index in [1.165, 1.54) is 46.5 Å². The van der Waals surface area contributed by atoms with E-state index in [9.17, 15) is 13.2 Å². The van der Waals surface area contributed by atoms with Crippen LogP contribution in [0.4, 0.5) is 5.69 Å². The van der Waals surface area contributed by atoms with E-state index in [0.29, 0.717) is 11.3 Å². The first-order valence-electron chi connectivity index (χ1n) is 9.47. The van der Waals surface area contributed by atoms with Crippen molar-refractivity contribution in [3.8, 4) is 17.2 Å². The number of nitriles is 1. The molecule has 6 nitrogen and oxygen atoms in total. The second-order valence-corrected chi connectivity index (χ2v) is 8.76. The van der Waals surface area contributed by atoms with Crippen molar-refractivity contribution in [2.75, 3.05) is 11.9 Å². The number of hydrogen-bond donors (Lipinski definition) is 2. The lowest BCUT2D eigenvalue weighted by molar-refractivity contribution is 0.102. The molecule has 150 valence electrons. The van der Waals surface area contributed by atoms with E-state index in [1.54, 1.807) is 0 Å². The molecule has 0 saturated carbocycles. The van der Waals surface area contributed by atoms with Gasteiger partial charge in [0.1, 0.15) is 0 Å². The van der Waals surface area contributed by atoms with Crippen molar-refractivity contribution >= 4 is 21.6 Å². The summed E-state index contributed by atoms with van der Waals surface area (Å²) in [4.78, 5) is 12.6. The van der Waals surface area contributed by atoms with Gasteiger partial charge in [0.2, 0.25) is 10.0 Å². The maximum Gasteiger partial charge on any atom is 0.255 e. The number of sulfonamides is 1. The summed E-state index contributed by atoms with van der Waals surface area (Å²) in [5.41, 5.74) is 5.90. The molecule has 0 atom stereocenters. The molecule has 0 unspecified atom stereocenters. The molecule has 0 aromatic heterocycles. The lowest BCUT2D eigenvalue weighted by atomic mass is 10.1. The number of nitrogens with one attached hydrogen (secondary N) is 2. The van der Waals surface area contributed by atoms with E-state index in [4.69, 9.17) is 5.26 Å². The SMILES string of the molecule is N#CCCNS(=O)(=O)c1ccc(C(=O)Nc2ccc3c(c2)Cc2ccccc2-3)cc1. The van der Waals surface area contributed by atoms with Gasteiger partial charge in [0.05, 0.1) is 11.0 Å². The quantitative estimate of drug-likeness (QED) is 0.467. The number of benzene rings is 3. The molecule has 0 radical (unpaired) electrons. The predicted octanol–water partition coefficient (Wildman–Crippen LogP) is 3.70. The van der Waals surface area contributed by atoms with Gasteiger partial charge in [0.25, 0.3) is 5.91 Å². The maximum atomic E-state index is 12.6. The second-order valence-electron chi connectivity index (χ2n) is 6.99. The van der Waals surface area contributed by atoms with Crippen LogP contribution in [0.25, 0.3) is 11.1 Å². The first kappa shape index (κ1) is 19.8. The van der Waals surface area contributed by atoms with Crippen molar-refractivity contribution in [3.05, 3.63) is 83.4 Å². The Kier molecular flexibility index (Phi) is 5.36. The monoisotopic (exact) mass is 417 g/mol. The summed E-state index contributed by atoms with van der Waals surface area (Å²) in [5.74, 6) is -0.313. The van der Waals surface area contributed by atoms with Crippen molar-refractivity contribution in [1.82, 2.24) is 4.72 Å². The molecule has 2 N–H and O–H groups in total. The molecular weight excluding hydrogens is 398 g/mol. The summed E-state index contributed by atoms with van der Waals surface area (Å²) in [7, 11) is -3.70. The van der Waals surface area contributed by atoms with Gasteiger partial charge < -0.3 is 5.32 Å². The molecule has 30 heavy (non-hydrogen) atoms. The minimum Gasteiger partial charge on any atom is -0.322 e. The summed E-state index contributed by atoms with van der Waals surface area (Å²) < 4.78 is 26.7. The summed E-state index contributed by atoms with van der Waals surface area (Å²) in [6.45, 7) is 0.0449. The van der Waals surface area contributed by atoms with E-state index >= 15 is 0 Å². The normalized spacial score (nSPS) is 12.0. The third kappa shape index (κ3) is 3.96. The Balaban J connectivity index is 1.46. The molecule has 1 aliphatic rings. The van der Waals surface area contributed by atoms with Gasteiger partial charge in [0, 0.05) is 24.2 Å². The van der Waals surface area contributed by atoms with E-state index < -0.39 is 10.0 Å². The molecule has 1 amide bonds. The molecule has 0 bridgehead atoms. The van der Waals surface area contributed by atoms with Crippen LogP contribution < -0.4 is 10.0 Å². The summed E-state index contributed by atoms with van der Waals surface area (Å²) in [6, 6.07) is 21.7. The first-order chi connectivity index (χ1) is 14.5. The van der Waals surface area contributed by atoms with E-state index in [-0.39, 0.29) is 23.8 Å². The fourth-order valence-electron chi connectivity index (χ4n) is 3.54. The van der Waals surface area contributed by atoms with Gasteiger partial charge >= 0.3 is 0 Å². The van der Waals surface area contributed by atoms with Gasteiger partial charge in [-0.3, -0.25) is 4.79 Å². The average Bonchev–Trinajstić information content (AvgIpc) is 3.11. The highest BCUT2D eigenvalue weighted by molar-refractivity contribution is 7.89. The molecule has 0 saturated heterocycles. The number of rotatable bonds is 6. The van der Waals surface area contributed by atoms with Crippen molar-refractivity contribution in [3.63, 3.8) is 0 Å². The molecule has 4 rings (SSSR count). The van der Waals surface area contributed by atoms with Crippen LogP contribution in [0, 0.1) is 11.3 Å². The third-order valence-electron chi connectivity index (χ3n) is 5.01. The molecule has 0 heterocycles. The van der Waals surface area contributed by atoms with Gasteiger partial charge in [0.15, 0.2) is 0 Å². The molecule has 1 aliphatic carbocycles. The minimum absolute atomic E-state index is 0.0449. The average molecular weight is 417 g/mol. The zero-order chi connectivity index (χ0) is 21.1. The third-order valence-corrected chi connectivity index (χ3v) is 6.48. The van der Waals surface area contributed by atoms with Gasteiger partial charge in [-0.1, -0.05) is 30.3 Å². The zero-order valence-electron chi connectivity index (χ0n) is 16.1. The lowest BCUT2D eigenvalue weighted by Gasteiger charge is -2.09. The first-order valence-corrected chi connectivity index (χ1v) is 11.0. The number of anilines is 1. The van der Waals surface area contributed by atoms with Crippen LogP contribution in [0.1, 0.15) is 27.9 Å².